The van der Waals surface area contributed by atoms with Crippen molar-refractivity contribution in [1.82, 2.24) is 0 Å². The Kier molecular flexibility index (Phi) is 27.5. The highest BCUT2D eigenvalue weighted by atomic mass is 14.0. The standard InChI is InChI=1S/C29H58/c1-3-5-7-9-11-13-15-17-19-21-23-25-27-29-28-26-24-22-20-18-16-14-12-10-8-6-4-2/h27,29H,3-26,28H2,1-2H3. The fraction of sp³-hybridized carbons (Fsp3) is 0.931. The number of hydrogen-bond acceptors (Lipinski definition) is 0. The van der Waals surface area contributed by atoms with Crippen LogP contribution in [0.1, 0.15) is 174 Å². The molecule has 0 aliphatic heterocycles. The first-order chi connectivity index (χ1) is 14.4. The average Bonchev–Trinajstić information content (AvgIpc) is 2.74. The van der Waals surface area contributed by atoms with E-state index in [1.165, 1.54) is 161 Å². The van der Waals surface area contributed by atoms with Crippen LogP contribution in [0.4, 0.5) is 0 Å². The summed E-state index contributed by atoms with van der Waals surface area (Å²) in [7, 11) is 0. The fourth-order valence-corrected chi connectivity index (χ4v) is 4.27. The number of rotatable bonds is 25. The van der Waals surface area contributed by atoms with E-state index in [0.29, 0.717) is 0 Å². The highest BCUT2D eigenvalue weighted by Crippen LogP contribution is 2.14. The van der Waals surface area contributed by atoms with E-state index in [1.54, 1.807) is 0 Å². The van der Waals surface area contributed by atoms with Crippen LogP contribution in [-0.4, -0.2) is 0 Å². The molecule has 0 saturated carbocycles. The summed E-state index contributed by atoms with van der Waals surface area (Å²) in [5.74, 6) is 0. The molecule has 0 radical (unpaired) electrons. The Morgan fingerprint density at radius 2 is 0.483 bits per heavy atom. The summed E-state index contributed by atoms with van der Waals surface area (Å²) in [6.45, 7) is 4.60. The van der Waals surface area contributed by atoms with Crippen molar-refractivity contribution in [2.45, 2.75) is 174 Å². The Balaban J connectivity index is 3.05. The third-order valence-electron chi connectivity index (χ3n) is 6.37. The van der Waals surface area contributed by atoms with E-state index in [9.17, 15) is 0 Å². The molecule has 0 aliphatic carbocycles. The molecule has 0 aromatic heterocycles. The van der Waals surface area contributed by atoms with E-state index >= 15 is 0 Å². The smallest absolute Gasteiger partial charge is 0.0351 e. The lowest BCUT2D eigenvalue weighted by atomic mass is 10.0. The molecule has 0 atom stereocenters. The summed E-state index contributed by atoms with van der Waals surface area (Å²) in [5, 5.41) is 0. The lowest BCUT2D eigenvalue weighted by molar-refractivity contribution is 0.544. The molecule has 0 N–H and O–H groups in total. The van der Waals surface area contributed by atoms with Crippen LogP contribution in [0.25, 0.3) is 0 Å². The first kappa shape index (κ1) is 28.7. The van der Waals surface area contributed by atoms with Gasteiger partial charge < -0.3 is 0 Å². The van der Waals surface area contributed by atoms with E-state index in [1.807, 2.05) is 0 Å². The summed E-state index contributed by atoms with van der Waals surface area (Å²) in [6.07, 6.45) is 40.9. The van der Waals surface area contributed by atoms with E-state index in [4.69, 9.17) is 0 Å². The summed E-state index contributed by atoms with van der Waals surface area (Å²) in [4.78, 5) is 0. The van der Waals surface area contributed by atoms with Crippen LogP contribution in [0, 0.1) is 0 Å². The second-order valence-corrected chi connectivity index (χ2v) is 9.47. The van der Waals surface area contributed by atoms with Gasteiger partial charge in [0.25, 0.3) is 0 Å². The SMILES string of the molecule is CCCCCCCCCCCCCC=CCCCCCCCCCCCCCC. The van der Waals surface area contributed by atoms with Crippen molar-refractivity contribution < 1.29 is 0 Å². The topological polar surface area (TPSA) is 0 Å². The predicted octanol–water partition coefficient (Wildman–Crippen LogP) is 11.3. The van der Waals surface area contributed by atoms with Crippen LogP contribution in [0.5, 0.6) is 0 Å². The molecule has 0 bridgehead atoms. The van der Waals surface area contributed by atoms with Crippen LogP contribution in [0.3, 0.4) is 0 Å². The second-order valence-electron chi connectivity index (χ2n) is 9.47. The molecule has 0 spiro atoms. The molecule has 0 heteroatoms. The highest BCUT2D eigenvalue weighted by Gasteiger charge is 1.94. The zero-order chi connectivity index (χ0) is 21.1. The Bertz CT molecular complexity index is 290. The summed E-state index contributed by atoms with van der Waals surface area (Å²) in [6, 6.07) is 0. The molecule has 174 valence electrons. The molecule has 0 aliphatic rings. The summed E-state index contributed by atoms with van der Waals surface area (Å²) in [5.41, 5.74) is 0. The van der Waals surface area contributed by atoms with Gasteiger partial charge in [-0.25, -0.2) is 0 Å². The van der Waals surface area contributed by atoms with Crippen molar-refractivity contribution in [2.24, 2.45) is 0 Å². The molecule has 0 rings (SSSR count). The van der Waals surface area contributed by atoms with Crippen LogP contribution < -0.4 is 0 Å². The Labute approximate surface area is 186 Å². The van der Waals surface area contributed by atoms with Crippen LogP contribution in [0.2, 0.25) is 0 Å². The Morgan fingerprint density at radius 3 is 0.724 bits per heavy atom. The van der Waals surface area contributed by atoms with E-state index in [-0.39, 0.29) is 0 Å². The first-order valence-electron chi connectivity index (χ1n) is 14.1. The van der Waals surface area contributed by atoms with Crippen molar-refractivity contribution in [2.75, 3.05) is 0 Å². The van der Waals surface area contributed by atoms with Crippen molar-refractivity contribution >= 4 is 0 Å². The third kappa shape index (κ3) is 27.7. The van der Waals surface area contributed by atoms with Crippen molar-refractivity contribution in [1.29, 1.82) is 0 Å². The van der Waals surface area contributed by atoms with Gasteiger partial charge in [-0.2, -0.15) is 0 Å². The largest absolute Gasteiger partial charge is 0.0885 e. The molecule has 0 saturated heterocycles. The zero-order valence-electron chi connectivity index (χ0n) is 20.8. The van der Waals surface area contributed by atoms with E-state index in [0.717, 1.165) is 0 Å². The number of hydrogen-bond donors (Lipinski definition) is 0. The molecule has 0 aromatic rings. The van der Waals surface area contributed by atoms with Crippen molar-refractivity contribution in [3.05, 3.63) is 12.2 Å². The predicted molar refractivity (Wildman–Crippen MR) is 136 cm³/mol. The Morgan fingerprint density at radius 1 is 0.276 bits per heavy atom. The van der Waals surface area contributed by atoms with Gasteiger partial charge in [0.15, 0.2) is 0 Å². The molecule has 0 unspecified atom stereocenters. The lowest BCUT2D eigenvalue weighted by Gasteiger charge is -2.02. The lowest BCUT2D eigenvalue weighted by Crippen LogP contribution is -1.82. The normalized spacial score (nSPS) is 11.7. The molecule has 0 fully saturated rings. The van der Waals surface area contributed by atoms with Crippen molar-refractivity contribution in [3.63, 3.8) is 0 Å². The molecule has 29 heavy (non-hydrogen) atoms. The summed E-state index contributed by atoms with van der Waals surface area (Å²) < 4.78 is 0. The maximum atomic E-state index is 2.45. The minimum atomic E-state index is 1.31. The highest BCUT2D eigenvalue weighted by molar-refractivity contribution is 4.81. The zero-order valence-corrected chi connectivity index (χ0v) is 20.8. The molecule has 0 aromatic carbocycles. The molecule has 0 nitrogen and oxygen atoms in total. The van der Waals surface area contributed by atoms with Gasteiger partial charge >= 0.3 is 0 Å². The van der Waals surface area contributed by atoms with Gasteiger partial charge in [0.05, 0.1) is 0 Å². The van der Waals surface area contributed by atoms with Crippen LogP contribution >= 0.6 is 0 Å². The molecule has 0 heterocycles. The van der Waals surface area contributed by atoms with Crippen LogP contribution in [-0.2, 0) is 0 Å². The van der Waals surface area contributed by atoms with Crippen molar-refractivity contribution in [3.8, 4) is 0 Å². The quantitative estimate of drug-likeness (QED) is 0.104. The molecular formula is C29H58. The third-order valence-corrected chi connectivity index (χ3v) is 6.37. The van der Waals surface area contributed by atoms with E-state index < -0.39 is 0 Å². The van der Waals surface area contributed by atoms with Crippen LogP contribution in [0.15, 0.2) is 12.2 Å². The van der Waals surface area contributed by atoms with Gasteiger partial charge in [0.1, 0.15) is 0 Å². The van der Waals surface area contributed by atoms with Gasteiger partial charge in [0.2, 0.25) is 0 Å². The minimum absolute atomic E-state index is 1.31. The van der Waals surface area contributed by atoms with E-state index in [2.05, 4.69) is 26.0 Å². The fourth-order valence-electron chi connectivity index (χ4n) is 4.27. The maximum absolute atomic E-state index is 2.45. The van der Waals surface area contributed by atoms with Gasteiger partial charge in [-0.15, -0.1) is 0 Å². The second kappa shape index (κ2) is 27.7. The molecular weight excluding hydrogens is 348 g/mol. The minimum Gasteiger partial charge on any atom is -0.0885 e. The van der Waals surface area contributed by atoms with Gasteiger partial charge in [0, 0.05) is 0 Å². The monoisotopic (exact) mass is 406 g/mol. The first-order valence-corrected chi connectivity index (χ1v) is 14.1. The summed E-state index contributed by atoms with van der Waals surface area (Å²) >= 11 is 0. The maximum Gasteiger partial charge on any atom is -0.0351 e. The number of allylic oxidation sites excluding steroid dienone is 2. The molecule has 0 amide bonds. The van der Waals surface area contributed by atoms with Gasteiger partial charge in [-0.1, -0.05) is 161 Å². The van der Waals surface area contributed by atoms with Gasteiger partial charge in [-0.3, -0.25) is 0 Å². The number of unbranched alkanes of at least 4 members (excludes halogenated alkanes) is 23. The van der Waals surface area contributed by atoms with Gasteiger partial charge in [-0.05, 0) is 25.7 Å². The average molecular weight is 407 g/mol. The Hall–Kier alpha value is -0.260.